The molecule has 0 aromatic rings. The van der Waals surface area contributed by atoms with E-state index in [1.165, 1.54) is 57.8 Å². The van der Waals surface area contributed by atoms with Gasteiger partial charge in [0.2, 0.25) is 0 Å². The van der Waals surface area contributed by atoms with Crippen molar-refractivity contribution in [3.05, 3.63) is 11.6 Å². The van der Waals surface area contributed by atoms with Crippen LogP contribution in [0.25, 0.3) is 0 Å². The molecule has 0 bridgehead atoms. The predicted molar refractivity (Wildman–Crippen MR) is 159 cm³/mol. The molecular weight excluding hydrogens is 468 g/mol. The van der Waals surface area contributed by atoms with Gasteiger partial charge in [0.15, 0.2) is 0 Å². The summed E-state index contributed by atoms with van der Waals surface area (Å²) >= 11 is 0. The Hall–Kier alpha value is -1.03. The number of nitrogens with zero attached hydrogens (tertiary/aromatic N) is 1. The van der Waals surface area contributed by atoms with Gasteiger partial charge in [0.05, 0.1) is 0 Å². The van der Waals surface area contributed by atoms with Crippen LogP contribution in [0.4, 0.5) is 4.79 Å². The van der Waals surface area contributed by atoms with Crippen LogP contribution in [-0.2, 0) is 0 Å². The molecule has 4 aliphatic rings. The lowest BCUT2D eigenvalue weighted by atomic mass is 9.46. The van der Waals surface area contributed by atoms with Gasteiger partial charge >= 0.3 is 6.09 Å². The molecule has 0 radical (unpaired) electrons. The van der Waals surface area contributed by atoms with Crippen LogP contribution >= 0.6 is 0 Å². The third-order valence-electron chi connectivity index (χ3n) is 12.3. The highest BCUT2D eigenvalue weighted by Crippen LogP contribution is 2.67. The average Bonchev–Trinajstić information content (AvgIpc) is 3.23. The molecule has 3 saturated carbocycles. The Bertz CT molecular complexity index is 823. The van der Waals surface area contributed by atoms with Crippen LogP contribution in [0.3, 0.4) is 0 Å². The van der Waals surface area contributed by atoms with Gasteiger partial charge in [-0.25, -0.2) is 4.79 Å². The summed E-state index contributed by atoms with van der Waals surface area (Å²) in [5.41, 5.74) is 8.04. The smallest absolute Gasteiger partial charge is 0.407 e. The number of hydrogen-bond donors (Lipinski definition) is 2. The molecule has 38 heavy (non-hydrogen) atoms. The molecule has 0 heterocycles. The Morgan fingerprint density at radius 2 is 1.76 bits per heavy atom. The highest BCUT2D eigenvalue weighted by atomic mass is 16.4. The first kappa shape index (κ1) is 29.9. The topological polar surface area (TPSA) is 66.6 Å². The van der Waals surface area contributed by atoms with Crippen LogP contribution in [0.2, 0.25) is 0 Å². The molecule has 218 valence electrons. The quantitative estimate of drug-likeness (QED) is 0.196. The van der Waals surface area contributed by atoms with Crippen molar-refractivity contribution in [2.75, 3.05) is 13.1 Å². The Morgan fingerprint density at radius 1 is 1.00 bits per heavy atom. The highest BCUT2D eigenvalue weighted by Gasteiger charge is 2.59. The van der Waals surface area contributed by atoms with E-state index in [-0.39, 0.29) is 11.5 Å². The standard InChI is InChI=1S/C34H60N2O2/c1-24(2)11-10-12-25(3)29-15-16-30-28-14-13-26-23-27(36(32(37)38)22-9-7-6-8-21-35)17-19-33(26,4)31(28)18-20-34(29,30)5/h13,24-25,27-31H,6-12,14-23,35H2,1-5H3,(H,37,38)/t25-,27?,28?,29-,30?,31?,33+,34-/m1/s1. The molecule has 4 aliphatic carbocycles. The molecule has 0 aliphatic heterocycles. The van der Waals surface area contributed by atoms with E-state index in [2.05, 4.69) is 40.7 Å². The van der Waals surface area contributed by atoms with E-state index < -0.39 is 6.09 Å². The van der Waals surface area contributed by atoms with E-state index >= 15 is 0 Å². The zero-order valence-corrected chi connectivity index (χ0v) is 25.5. The van der Waals surface area contributed by atoms with Gasteiger partial charge in [0.1, 0.15) is 0 Å². The van der Waals surface area contributed by atoms with Gasteiger partial charge in [-0.1, -0.05) is 78.4 Å². The number of carbonyl (C=O) groups is 1. The van der Waals surface area contributed by atoms with Gasteiger partial charge in [-0.15, -0.1) is 0 Å². The largest absolute Gasteiger partial charge is 0.465 e. The number of carboxylic acid groups (broad SMARTS) is 1. The molecule has 0 aromatic heterocycles. The lowest BCUT2D eigenvalue weighted by Crippen LogP contribution is -2.52. The SMILES string of the molecule is CC(C)CCC[C@@H](C)[C@H]1CCC2C3CC=C4CC(N(CCCCCCN)C(=O)O)CC[C@]4(C)C3CC[C@@]21C. The molecule has 4 rings (SSSR count). The maximum absolute atomic E-state index is 12.2. The molecule has 3 N–H and O–H groups in total. The van der Waals surface area contributed by atoms with Crippen LogP contribution in [0.1, 0.15) is 131 Å². The first-order valence-electron chi connectivity index (χ1n) is 16.5. The van der Waals surface area contributed by atoms with E-state index in [4.69, 9.17) is 5.73 Å². The number of allylic oxidation sites excluding steroid dienone is 1. The predicted octanol–water partition coefficient (Wildman–Crippen LogP) is 8.90. The van der Waals surface area contributed by atoms with E-state index in [0.29, 0.717) is 12.0 Å². The molecule has 4 heteroatoms. The minimum Gasteiger partial charge on any atom is -0.465 e. The molecule has 4 nitrogen and oxygen atoms in total. The third-order valence-corrected chi connectivity index (χ3v) is 12.3. The van der Waals surface area contributed by atoms with Crippen molar-refractivity contribution < 1.29 is 9.90 Å². The van der Waals surface area contributed by atoms with Crippen molar-refractivity contribution in [1.82, 2.24) is 4.90 Å². The molecule has 4 unspecified atom stereocenters. The fourth-order valence-corrected chi connectivity index (χ4v) is 10.1. The maximum atomic E-state index is 12.2. The second-order valence-corrected chi connectivity index (χ2v) is 14.9. The molecular formula is C34H60N2O2. The van der Waals surface area contributed by atoms with E-state index in [1.807, 2.05) is 0 Å². The third kappa shape index (κ3) is 6.01. The minimum atomic E-state index is -0.723. The number of unbranched alkanes of at least 4 members (excludes halogenated alkanes) is 3. The average molecular weight is 529 g/mol. The minimum absolute atomic E-state index is 0.161. The van der Waals surface area contributed by atoms with Gasteiger partial charge in [0, 0.05) is 12.6 Å². The summed E-state index contributed by atoms with van der Waals surface area (Å²) in [5, 5.41) is 10.0. The van der Waals surface area contributed by atoms with Gasteiger partial charge in [0.25, 0.3) is 0 Å². The van der Waals surface area contributed by atoms with E-state index in [0.717, 1.165) is 80.6 Å². The summed E-state index contributed by atoms with van der Waals surface area (Å²) in [5.74, 6) is 5.11. The van der Waals surface area contributed by atoms with Crippen LogP contribution in [0, 0.1) is 46.3 Å². The van der Waals surface area contributed by atoms with Gasteiger partial charge in [-0.05, 0) is 117 Å². The van der Waals surface area contributed by atoms with E-state index in [9.17, 15) is 9.90 Å². The Labute approximate surface area is 234 Å². The van der Waals surface area contributed by atoms with Crippen molar-refractivity contribution in [3.8, 4) is 0 Å². The van der Waals surface area contributed by atoms with Crippen LogP contribution in [0.5, 0.6) is 0 Å². The number of hydrogen-bond acceptors (Lipinski definition) is 2. The summed E-state index contributed by atoms with van der Waals surface area (Å²) in [6, 6.07) is 0.161. The van der Waals surface area contributed by atoms with Crippen molar-refractivity contribution in [1.29, 1.82) is 0 Å². The van der Waals surface area contributed by atoms with Crippen LogP contribution in [-0.4, -0.2) is 35.2 Å². The fourth-order valence-electron chi connectivity index (χ4n) is 10.1. The Balaban J connectivity index is 1.41. The van der Waals surface area contributed by atoms with Crippen molar-refractivity contribution in [3.63, 3.8) is 0 Å². The van der Waals surface area contributed by atoms with Crippen LogP contribution < -0.4 is 5.73 Å². The molecule has 8 atom stereocenters. The summed E-state index contributed by atoms with van der Waals surface area (Å²) in [6.07, 6.45) is 20.4. The highest BCUT2D eigenvalue weighted by molar-refractivity contribution is 5.65. The second-order valence-electron chi connectivity index (χ2n) is 14.9. The summed E-state index contributed by atoms with van der Waals surface area (Å²) in [7, 11) is 0. The molecule has 0 aromatic carbocycles. The fraction of sp³-hybridized carbons (Fsp3) is 0.912. The van der Waals surface area contributed by atoms with E-state index in [1.54, 1.807) is 10.5 Å². The number of fused-ring (bicyclic) bond motifs is 5. The molecule has 0 saturated heterocycles. The first-order chi connectivity index (χ1) is 18.1. The number of rotatable bonds is 12. The Kier molecular flexibility index (Phi) is 9.97. The Morgan fingerprint density at radius 3 is 2.47 bits per heavy atom. The monoisotopic (exact) mass is 528 g/mol. The van der Waals surface area contributed by atoms with Gasteiger partial charge < -0.3 is 15.7 Å². The maximum Gasteiger partial charge on any atom is 0.407 e. The van der Waals surface area contributed by atoms with Crippen molar-refractivity contribution in [2.45, 2.75) is 137 Å². The summed E-state index contributed by atoms with van der Waals surface area (Å²) < 4.78 is 0. The van der Waals surface area contributed by atoms with Gasteiger partial charge in [-0.2, -0.15) is 0 Å². The first-order valence-corrected chi connectivity index (χ1v) is 16.5. The van der Waals surface area contributed by atoms with Crippen molar-refractivity contribution in [2.24, 2.45) is 52.1 Å². The second kappa shape index (κ2) is 12.6. The molecule has 0 spiro atoms. The summed E-state index contributed by atoms with van der Waals surface area (Å²) in [4.78, 5) is 14.0. The number of amides is 1. The van der Waals surface area contributed by atoms with Crippen molar-refractivity contribution >= 4 is 6.09 Å². The zero-order chi connectivity index (χ0) is 27.5. The van der Waals surface area contributed by atoms with Gasteiger partial charge in [-0.3, -0.25) is 0 Å². The normalized spacial score (nSPS) is 37.2. The lowest BCUT2D eigenvalue weighted by molar-refractivity contribution is -0.0541. The summed E-state index contributed by atoms with van der Waals surface area (Å²) in [6.45, 7) is 14.0. The molecule has 3 fully saturated rings. The lowest BCUT2D eigenvalue weighted by Gasteiger charge is -2.59. The van der Waals surface area contributed by atoms with Crippen LogP contribution in [0.15, 0.2) is 11.6 Å². The number of nitrogens with two attached hydrogens (primary N) is 1. The zero-order valence-electron chi connectivity index (χ0n) is 25.5. The molecule has 1 amide bonds.